The van der Waals surface area contributed by atoms with E-state index in [9.17, 15) is 0 Å². The summed E-state index contributed by atoms with van der Waals surface area (Å²) < 4.78 is 3.27. The molecule has 0 saturated carbocycles. The molecule has 0 bridgehead atoms. The van der Waals surface area contributed by atoms with Crippen molar-refractivity contribution in [2.24, 2.45) is 0 Å². The summed E-state index contributed by atoms with van der Waals surface area (Å²) in [6, 6.07) is 8.73. The van der Waals surface area contributed by atoms with E-state index in [2.05, 4.69) is 68.9 Å². The zero-order chi connectivity index (χ0) is 13.0. The standard InChI is InChI=1S/C14H18BrN3/c1-3-18-9-8-16-14(18)10-17-11(2)12-4-6-13(15)7-5-12/h4-9,11,17H,3,10H2,1-2H3/t11-/m0/s1. The molecule has 0 radical (unpaired) electrons. The number of rotatable bonds is 5. The van der Waals surface area contributed by atoms with Crippen LogP contribution in [0.15, 0.2) is 41.1 Å². The van der Waals surface area contributed by atoms with Crippen LogP contribution in [-0.2, 0) is 13.1 Å². The quantitative estimate of drug-likeness (QED) is 0.916. The molecule has 1 atom stereocenters. The maximum absolute atomic E-state index is 4.36. The molecule has 18 heavy (non-hydrogen) atoms. The number of aromatic nitrogens is 2. The van der Waals surface area contributed by atoms with Gasteiger partial charge in [0, 0.05) is 29.5 Å². The van der Waals surface area contributed by atoms with Crippen LogP contribution in [-0.4, -0.2) is 9.55 Å². The number of hydrogen-bond acceptors (Lipinski definition) is 2. The molecule has 4 heteroatoms. The van der Waals surface area contributed by atoms with Crippen molar-refractivity contribution in [3.63, 3.8) is 0 Å². The summed E-state index contributed by atoms with van der Waals surface area (Å²) in [5, 5.41) is 3.50. The van der Waals surface area contributed by atoms with E-state index in [1.165, 1.54) is 5.56 Å². The number of halogens is 1. The van der Waals surface area contributed by atoms with Crippen molar-refractivity contribution in [1.82, 2.24) is 14.9 Å². The van der Waals surface area contributed by atoms with E-state index < -0.39 is 0 Å². The number of hydrogen-bond donors (Lipinski definition) is 1. The Labute approximate surface area is 116 Å². The van der Waals surface area contributed by atoms with Crippen molar-refractivity contribution in [3.8, 4) is 0 Å². The first kappa shape index (κ1) is 13.3. The molecule has 0 unspecified atom stereocenters. The van der Waals surface area contributed by atoms with Gasteiger partial charge in [-0.05, 0) is 31.5 Å². The van der Waals surface area contributed by atoms with Crippen LogP contribution in [0.25, 0.3) is 0 Å². The van der Waals surface area contributed by atoms with Gasteiger partial charge < -0.3 is 9.88 Å². The molecule has 1 aromatic heterocycles. The molecule has 2 rings (SSSR count). The fourth-order valence-corrected chi connectivity index (χ4v) is 2.17. The molecule has 0 aliphatic heterocycles. The number of nitrogens with one attached hydrogen (secondary N) is 1. The second-order valence-corrected chi connectivity index (χ2v) is 5.20. The van der Waals surface area contributed by atoms with E-state index in [-0.39, 0.29) is 0 Å². The van der Waals surface area contributed by atoms with Gasteiger partial charge in [0.15, 0.2) is 0 Å². The Hall–Kier alpha value is -1.13. The summed E-state index contributed by atoms with van der Waals surface area (Å²) >= 11 is 3.45. The SMILES string of the molecule is CCn1ccnc1CN[C@@H](C)c1ccc(Br)cc1. The van der Waals surface area contributed by atoms with Crippen LogP contribution < -0.4 is 5.32 Å². The average molecular weight is 308 g/mol. The van der Waals surface area contributed by atoms with E-state index in [4.69, 9.17) is 0 Å². The fraction of sp³-hybridized carbons (Fsp3) is 0.357. The first-order valence-corrected chi connectivity index (χ1v) is 6.99. The van der Waals surface area contributed by atoms with Crippen molar-refractivity contribution >= 4 is 15.9 Å². The summed E-state index contributed by atoms with van der Waals surface area (Å²) in [5.74, 6) is 1.08. The summed E-state index contributed by atoms with van der Waals surface area (Å²) in [4.78, 5) is 4.36. The van der Waals surface area contributed by atoms with E-state index in [0.29, 0.717) is 6.04 Å². The van der Waals surface area contributed by atoms with Crippen LogP contribution in [0.2, 0.25) is 0 Å². The third-order valence-corrected chi connectivity index (χ3v) is 3.61. The molecular formula is C14H18BrN3. The van der Waals surface area contributed by atoms with Crippen molar-refractivity contribution in [1.29, 1.82) is 0 Å². The lowest BCUT2D eigenvalue weighted by molar-refractivity contribution is 0.540. The predicted molar refractivity (Wildman–Crippen MR) is 77.3 cm³/mol. The predicted octanol–water partition coefficient (Wildman–Crippen LogP) is 3.52. The van der Waals surface area contributed by atoms with Crippen LogP contribution in [0.3, 0.4) is 0 Å². The van der Waals surface area contributed by atoms with Gasteiger partial charge in [0.1, 0.15) is 5.82 Å². The minimum Gasteiger partial charge on any atom is -0.334 e. The van der Waals surface area contributed by atoms with Gasteiger partial charge >= 0.3 is 0 Å². The molecule has 1 heterocycles. The van der Waals surface area contributed by atoms with Gasteiger partial charge in [0.25, 0.3) is 0 Å². The lowest BCUT2D eigenvalue weighted by Gasteiger charge is -2.14. The highest BCUT2D eigenvalue weighted by atomic mass is 79.9. The molecule has 0 saturated heterocycles. The van der Waals surface area contributed by atoms with Gasteiger partial charge in [0.2, 0.25) is 0 Å². The van der Waals surface area contributed by atoms with Crippen LogP contribution in [0.1, 0.15) is 31.3 Å². The molecule has 3 nitrogen and oxygen atoms in total. The Morgan fingerprint density at radius 3 is 2.72 bits per heavy atom. The van der Waals surface area contributed by atoms with Crippen molar-refractivity contribution in [3.05, 3.63) is 52.5 Å². The largest absolute Gasteiger partial charge is 0.334 e. The first-order valence-electron chi connectivity index (χ1n) is 6.19. The molecular weight excluding hydrogens is 290 g/mol. The van der Waals surface area contributed by atoms with Crippen molar-refractivity contribution in [2.75, 3.05) is 0 Å². The van der Waals surface area contributed by atoms with Crippen LogP contribution >= 0.6 is 15.9 Å². The maximum atomic E-state index is 4.36. The summed E-state index contributed by atoms with van der Waals surface area (Å²) in [7, 11) is 0. The highest BCUT2D eigenvalue weighted by molar-refractivity contribution is 9.10. The summed E-state index contributed by atoms with van der Waals surface area (Å²) in [6.45, 7) is 6.05. The lowest BCUT2D eigenvalue weighted by Crippen LogP contribution is -2.20. The Morgan fingerprint density at radius 2 is 2.06 bits per heavy atom. The molecule has 1 N–H and O–H groups in total. The minimum absolute atomic E-state index is 0.320. The third kappa shape index (κ3) is 3.21. The van der Waals surface area contributed by atoms with E-state index in [0.717, 1.165) is 23.4 Å². The number of aryl methyl sites for hydroxylation is 1. The van der Waals surface area contributed by atoms with Gasteiger partial charge in [-0.25, -0.2) is 4.98 Å². The third-order valence-electron chi connectivity index (χ3n) is 3.08. The molecule has 1 aromatic carbocycles. The van der Waals surface area contributed by atoms with Crippen LogP contribution in [0.5, 0.6) is 0 Å². The minimum atomic E-state index is 0.320. The fourth-order valence-electron chi connectivity index (χ4n) is 1.91. The zero-order valence-electron chi connectivity index (χ0n) is 10.7. The lowest BCUT2D eigenvalue weighted by atomic mass is 10.1. The molecule has 0 amide bonds. The number of nitrogens with zero attached hydrogens (tertiary/aromatic N) is 2. The smallest absolute Gasteiger partial charge is 0.122 e. The molecule has 0 fully saturated rings. The van der Waals surface area contributed by atoms with E-state index in [1.807, 2.05) is 12.4 Å². The Bertz CT molecular complexity index is 490. The number of imidazole rings is 1. The summed E-state index contributed by atoms with van der Waals surface area (Å²) in [5.41, 5.74) is 1.29. The van der Waals surface area contributed by atoms with Gasteiger partial charge in [0.05, 0.1) is 6.54 Å². The van der Waals surface area contributed by atoms with Gasteiger partial charge in [-0.2, -0.15) is 0 Å². The molecule has 96 valence electrons. The molecule has 0 spiro atoms. The van der Waals surface area contributed by atoms with Crippen LogP contribution in [0.4, 0.5) is 0 Å². The highest BCUT2D eigenvalue weighted by Gasteiger charge is 2.06. The zero-order valence-corrected chi connectivity index (χ0v) is 12.3. The average Bonchev–Trinajstić information content (AvgIpc) is 2.84. The summed E-state index contributed by atoms with van der Waals surface area (Å²) in [6.07, 6.45) is 3.87. The van der Waals surface area contributed by atoms with Crippen LogP contribution in [0, 0.1) is 0 Å². The topological polar surface area (TPSA) is 29.9 Å². The van der Waals surface area contributed by atoms with Gasteiger partial charge in [-0.3, -0.25) is 0 Å². The van der Waals surface area contributed by atoms with Crippen molar-refractivity contribution in [2.45, 2.75) is 33.0 Å². The molecule has 2 aromatic rings. The second-order valence-electron chi connectivity index (χ2n) is 4.28. The van der Waals surface area contributed by atoms with E-state index in [1.54, 1.807) is 0 Å². The molecule has 0 aliphatic rings. The van der Waals surface area contributed by atoms with E-state index >= 15 is 0 Å². The maximum Gasteiger partial charge on any atom is 0.122 e. The monoisotopic (exact) mass is 307 g/mol. The van der Waals surface area contributed by atoms with Gasteiger partial charge in [-0.15, -0.1) is 0 Å². The normalized spacial score (nSPS) is 12.6. The number of benzene rings is 1. The Kier molecular flexibility index (Phi) is 4.55. The van der Waals surface area contributed by atoms with Gasteiger partial charge in [-0.1, -0.05) is 28.1 Å². The Morgan fingerprint density at radius 1 is 1.33 bits per heavy atom. The molecule has 0 aliphatic carbocycles. The van der Waals surface area contributed by atoms with Crippen molar-refractivity contribution < 1.29 is 0 Å². The highest BCUT2D eigenvalue weighted by Crippen LogP contribution is 2.16. The first-order chi connectivity index (χ1) is 8.70. The second kappa shape index (κ2) is 6.16. The Balaban J connectivity index is 1.96.